The summed E-state index contributed by atoms with van der Waals surface area (Å²) in [6, 6.07) is 4.19. The van der Waals surface area contributed by atoms with Crippen LogP contribution in [0.5, 0.6) is 0 Å². The Morgan fingerprint density at radius 1 is 1.32 bits per heavy atom. The first-order valence-electron chi connectivity index (χ1n) is 11.1. The maximum absolute atomic E-state index is 14.1. The number of nitrogens with one attached hydrogen (secondary N) is 1. The van der Waals surface area contributed by atoms with Crippen molar-refractivity contribution < 1.29 is 18.7 Å². The van der Waals surface area contributed by atoms with Crippen molar-refractivity contribution in [1.29, 1.82) is 5.53 Å². The van der Waals surface area contributed by atoms with E-state index in [-0.39, 0.29) is 17.0 Å². The lowest BCUT2D eigenvalue weighted by atomic mass is 9.99. The average molecular weight is 516 g/mol. The van der Waals surface area contributed by atoms with E-state index in [0.29, 0.717) is 41.0 Å². The van der Waals surface area contributed by atoms with Gasteiger partial charge in [0.15, 0.2) is 5.82 Å². The van der Waals surface area contributed by atoms with Crippen LogP contribution in [0.1, 0.15) is 47.1 Å². The van der Waals surface area contributed by atoms with E-state index in [1.54, 1.807) is 18.9 Å². The Kier molecular flexibility index (Phi) is 15.0. The second kappa shape index (κ2) is 15.9. The van der Waals surface area contributed by atoms with Crippen molar-refractivity contribution in [1.82, 2.24) is 4.90 Å². The number of thioether (sulfide) groups is 1. The molecule has 0 unspecified atom stereocenters. The monoisotopic (exact) mass is 515 g/mol. The van der Waals surface area contributed by atoms with Gasteiger partial charge in [0.25, 0.3) is 0 Å². The molecule has 1 N–H and O–H groups in total. The standard InChI is InChI=1S/C18H21ClFN3O3.C5H12S.C2H6/c1-11(14-7-13(19)4-5-16(14)20)6-15(18(24)26-3)17(22-21)23-8-12(9-23)10-25-2;1-5(2,3)6-4;1-2/h4-7,12,21H,8-10H2,1-3H3;1-4H3;1-2H3/b11-6+,17-15-,22-21?;;. The average Bonchev–Trinajstić information content (AvgIpc) is 2.79. The Morgan fingerprint density at radius 2 is 1.88 bits per heavy atom. The summed E-state index contributed by atoms with van der Waals surface area (Å²) >= 11 is 7.82. The van der Waals surface area contributed by atoms with E-state index in [4.69, 9.17) is 26.6 Å². The van der Waals surface area contributed by atoms with Gasteiger partial charge in [0.1, 0.15) is 11.4 Å². The van der Waals surface area contributed by atoms with Crippen molar-refractivity contribution in [2.45, 2.75) is 46.3 Å². The number of benzene rings is 1. The van der Waals surface area contributed by atoms with Crippen LogP contribution in [0, 0.1) is 17.3 Å². The minimum atomic E-state index is -0.645. The van der Waals surface area contributed by atoms with E-state index in [1.807, 2.05) is 25.6 Å². The molecule has 1 aromatic rings. The van der Waals surface area contributed by atoms with Crippen molar-refractivity contribution in [2.75, 3.05) is 40.2 Å². The first-order valence-corrected chi connectivity index (χ1v) is 12.7. The fraction of sp³-hybridized carbons (Fsp3) is 0.560. The minimum absolute atomic E-state index is 0.0928. The van der Waals surface area contributed by atoms with Gasteiger partial charge < -0.3 is 14.4 Å². The van der Waals surface area contributed by atoms with Gasteiger partial charge in [-0.2, -0.15) is 11.8 Å². The lowest BCUT2D eigenvalue weighted by molar-refractivity contribution is -0.135. The number of halogens is 2. The molecule has 0 atom stereocenters. The van der Waals surface area contributed by atoms with Crippen molar-refractivity contribution in [2.24, 2.45) is 11.0 Å². The Labute approximate surface area is 213 Å². The number of carbonyl (C=O) groups is 1. The van der Waals surface area contributed by atoms with Crippen LogP contribution in [0.3, 0.4) is 0 Å². The third-order valence-electron chi connectivity index (χ3n) is 4.74. The van der Waals surface area contributed by atoms with Gasteiger partial charge in [-0.3, -0.25) is 0 Å². The van der Waals surface area contributed by atoms with E-state index in [9.17, 15) is 9.18 Å². The summed E-state index contributed by atoms with van der Waals surface area (Å²) in [5.74, 6) is -0.606. The van der Waals surface area contributed by atoms with Crippen LogP contribution >= 0.6 is 23.4 Å². The third-order valence-corrected chi connectivity index (χ3v) is 6.20. The van der Waals surface area contributed by atoms with Crippen LogP contribution in [0.4, 0.5) is 4.39 Å². The number of ether oxygens (including phenoxy) is 2. The Bertz CT molecular complexity index is 863. The molecule has 0 radical (unpaired) electrons. The van der Waals surface area contributed by atoms with Gasteiger partial charge in [-0.25, -0.2) is 14.7 Å². The summed E-state index contributed by atoms with van der Waals surface area (Å²) in [6.45, 7) is 14.1. The predicted octanol–water partition coefficient (Wildman–Crippen LogP) is 7.05. The number of nitrogens with zero attached hydrogens (tertiary/aromatic N) is 2. The number of hydrogen-bond acceptors (Lipinski definition) is 7. The molecule has 0 saturated carbocycles. The number of rotatable bonds is 7. The zero-order valence-corrected chi connectivity index (χ0v) is 23.4. The van der Waals surface area contributed by atoms with Gasteiger partial charge in [0, 0.05) is 41.5 Å². The van der Waals surface area contributed by atoms with E-state index < -0.39 is 11.8 Å². The minimum Gasteiger partial charge on any atom is -0.465 e. The number of hydrogen-bond donors (Lipinski definition) is 1. The van der Waals surface area contributed by atoms with Crippen LogP contribution in [-0.2, 0) is 14.3 Å². The molecule has 1 saturated heterocycles. The number of methoxy groups -OCH3 is 2. The zero-order chi connectivity index (χ0) is 26.5. The van der Waals surface area contributed by atoms with Gasteiger partial charge in [0.05, 0.1) is 13.7 Å². The highest BCUT2D eigenvalue weighted by molar-refractivity contribution is 7.99. The molecule has 1 aromatic carbocycles. The van der Waals surface area contributed by atoms with Gasteiger partial charge in [-0.1, -0.05) is 46.2 Å². The fourth-order valence-corrected chi connectivity index (χ4v) is 2.98. The lowest BCUT2D eigenvalue weighted by Crippen LogP contribution is -2.48. The van der Waals surface area contributed by atoms with Crippen molar-refractivity contribution in [3.8, 4) is 0 Å². The number of likely N-dealkylation sites (tertiary alicyclic amines) is 1. The molecular weight excluding hydrogens is 477 g/mol. The van der Waals surface area contributed by atoms with Crippen LogP contribution in [-0.4, -0.2) is 55.8 Å². The van der Waals surface area contributed by atoms with Crippen LogP contribution < -0.4 is 0 Å². The number of allylic oxidation sites excluding steroid dienone is 1. The third kappa shape index (κ3) is 10.6. The normalized spacial score (nSPS) is 14.6. The molecule has 192 valence electrons. The van der Waals surface area contributed by atoms with Gasteiger partial charge in [0.2, 0.25) is 0 Å². The van der Waals surface area contributed by atoms with Crippen LogP contribution in [0.15, 0.2) is 40.8 Å². The highest BCUT2D eigenvalue weighted by atomic mass is 35.5. The molecule has 2 rings (SSSR count). The molecule has 9 heteroatoms. The largest absolute Gasteiger partial charge is 0.465 e. The zero-order valence-electron chi connectivity index (χ0n) is 21.8. The first kappa shape index (κ1) is 32.1. The second-order valence-electron chi connectivity index (χ2n) is 8.34. The van der Waals surface area contributed by atoms with Gasteiger partial charge in [-0.05, 0) is 43.0 Å². The molecule has 6 nitrogen and oxygen atoms in total. The molecule has 1 aliphatic rings. The summed E-state index contributed by atoms with van der Waals surface area (Å²) in [4.78, 5) is 14.0. The lowest BCUT2D eigenvalue weighted by Gasteiger charge is -2.40. The summed E-state index contributed by atoms with van der Waals surface area (Å²) in [7, 11) is 2.87. The summed E-state index contributed by atoms with van der Waals surface area (Å²) in [6.07, 6.45) is 3.59. The highest BCUT2D eigenvalue weighted by Crippen LogP contribution is 2.28. The quantitative estimate of drug-likeness (QED) is 0.182. The summed E-state index contributed by atoms with van der Waals surface area (Å²) in [5.41, 5.74) is 8.31. The molecule has 0 amide bonds. The van der Waals surface area contributed by atoms with Crippen molar-refractivity contribution in [3.05, 3.63) is 52.1 Å². The van der Waals surface area contributed by atoms with Crippen LogP contribution in [0.25, 0.3) is 5.57 Å². The Balaban J connectivity index is 0.00000118. The molecule has 0 bridgehead atoms. The van der Waals surface area contributed by atoms with Crippen LogP contribution in [0.2, 0.25) is 5.02 Å². The molecule has 0 aliphatic carbocycles. The maximum Gasteiger partial charge on any atom is 0.341 e. The first-order chi connectivity index (χ1) is 16.0. The topological polar surface area (TPSA) is 75.0 Å². The summed E-state index contributed by atoms with van der Waals surface area (Å²) < 4.78 is 24.5. The van der Waals surface area contributed by atoms with Crippen molar-refractivity contribution in [3.63, 3.8) is 0 Å². The van der Waals surface area contributed by atoms with Gasteiger partial charge in [-0.15, -0.1) is 5.11 Å². The number of carbonyl (C=O) groups excluding carboxylic acids is 1. The molecule has 34 heavy (non-hydrogen) atoms. The predicted molar refractivity (Wildman–Crippen MR) is 141 cm³/mol. The SMILES string of the molecule is CC.COCC1CN(/C(N=N)=C(/C=C(\C)c2cc(Cl)ccc2F)C(=O)OC)C1.CSC(C)(C)C. The fourth-order valence-electron chi connectivity index (χ4n) is 2.80. The molecule has 0 spiro atoms. The van der Waals surface area contributed by atoms with Gasteiger partial charge >= 0.3 is 5.97 Å². The highest BCUT2D eigenvalue weighted by Gasteiger charge is 2.31. The van der Waals surface area contributed by atoms with E-state index in [1.165, 1.54) is 31.4 Å². The molecule has 1 heterocycles. The van der Waals surface area contributed by atoms with E-state index in [0.717, 1.165) is 0 Å². The van der Waals surface area contributed by atoms with E-state index in [2.05, 4.69) is 32.1 Å². The van der Waals surface area contributed by atoms with Crippen molar-refractivity contribution >= 4 is 34.9 Å². The second-order valence-corrected chi connectivity index (χ2v) is 10.4. The molecule has 0 aromatic heterocycles. The number of esters is 1. The molecule has 1 aliphatic heterocycles. The molecule has 1 fully saturated rings. The van der Waals surface area contributed by atoms with E-state index >= 15 is 0 Å². The maximum atomic E-state index is 14.1. The smallest absolute Gasteiger partial charge is 0.341 e. The Hall–Kier alpha value is -1.90. The Morgan fingerprint density at radius 3 is 2.32 bits per heavy atom. The molecular formula is C25H39ClFN3O3S. The summed E-state index contributed by atoms with van der Waals surface area (Å²) in [5, 5.41) is 3.89.